The maximum atomic E-state index is 13.1. The summed E-state index contributed by atoms with van der Waals surface area (Å²) in [5, 5.41) is 0. The van der Waals surface area contributed by atoms with Gasteiger partial charge < -0.3 is 9.64 Å². The van der Waals surface area contributed by atoms with Gasteiger partial charge in [-0.05, 0) is 37.1 Å². The van der Waals surface area contributed by atoms with Crippen LogP contribution in [0.1, 0.15) is 36.0 Å². The van der Waals surface area contributed by atoms with E-state index in [0.29, 0.717) is 11.3 Å². The molecule has 1 amide bonds. The van der Waals surface area contributed by atoms with Crippen LogP contribution in [0.3, 0.4) is 0 Å². The average molecular weight is 350 g/mol. The van der Waals surface area contributed by atoms with E-state index < -0.39 is 0 Å². The molecule has 4 rings (SSSR count). The fourth-order valence-corrected chi connectivity index (χ4v) is 4.08. The number of nitrogens with zero attached hydrogens (tertiary/aromatic N) is 2. The molecule has 1 saturated carbocycles. The Labute approximate surface area is 155 Å². The second kappa shape index (κ2) is 7.92. The third-order valence-electron chi connectivity index (χ3n) is 5.53. The van der Waals surface area contributed by atoms with Crippen LogP contribution in [0.2, 0.25) is 0 Å². The average Bonchev–Trinajstić information content (AvgIpc) is 3.24. The van der Waals surface area contributed by atoms with Gasteiger partial charge in [0, 0.05) is 32.2 Å². The monoisotopic (exact) mass is 350 g/mol. The highest BCUT2D eigenvalue weighted by molar-refractivity contribution is 5.97. The summed E-state index contributed by atoms with van der Waals surface area (Å²) in [4.78, 5) is 17.6. The number of piperazine rings is 1. The second-order valence-electron chi connectivity index (χ2n) is 7.18. The molecule has 0 spiro atoms. The first kappa shape index (κ1) is 17.1. The standard InChI is InChI=1S/C22H26N2O2/c25-22(24-16-14-23(15-17-24)18-8-4-5-9-18)20-12-6-7-13-21(20)26-19-10-2-1-3-11-19/h1-3,6-7,10-13,18H,4-5,8-9,14-17H2. The van der Waals surface area contributed by atoms with E-state index in [1.165, 1.54) is 25.7 Å². The topological polar surface area (TPSA) is 32.8 Å². The zero-order chi connectivity index (χ0) is 17.8. The van der Waals surface area contributed by atoms with Gasteiger partial charge in [0.2, 0.25) is 0 Å². The Balaban J connectivity index is 1.43. The molecule has 2 aliphatic rings. The van der Waals surface area contributed by atoms with Crippen molar-refractivity contribution >= 4 is 5.91 Å². The van der Waals surface area contributed by atoms with Crippen LogP contribution < -0.4 is 4.74 Å². The number of rotatable bonds is 4. The van der Waals surface area contributed by atoms with Gasteiger partial charge in [-0.1, -0.05) is 43.2 Å². The number of amides is 1. The maximum absolute atomic E-state index is 13.1. The fraction of sp³-hybridized carbons (Fsp3) is 0.409. The molecule has 136 valence electrons. The minimum Gasteiger partial charge on any atom is -0.457 e. The fourth-order valence-electron chi connectivity index (χ4n) is 4.08. The molecule has 1 aliphatic carbocycles. The van der Waals surface area contributed by atoms with Crippen molar-refractivity contribution in [1.29, 1.82) is 0 Å². The van der Waals surface area contributed by atoms with E-state index in [1.54, 1.807) is 0 Å². The SMILES string of the molecule is O=C(c1ccccc1Oc1ccccc1)N1CCN(C2CCCC2)CC1. The molecule has 0 radical (unpaired) electrons. The molecule has 2 aromatic rings. The first-order valence-electron chi connectivity index (χ1n) is 9.66. The molecular weight excluding hydrogens is 324 g/mol. The Morgan fingerprint density at radius 1 is 0.846 bits per heavy atom. The van der Waals surface area contributed by atoms with Gasteiger partial charge in [0.1, 0.15) is 11.5 Å². The molecule has 1 saturated heterocycles. The highest BCUT2D eigenvalue weighted by Gasteiger charge is 2.29. The summed E-state index contributed by atoms with van der Waals surface area (Å²) >= 11 is 0. The van der Waals surface area contributed by atoms with Gasteiger partial charge >= 0.3 is 0 Å². The van der Waals surface area contributed by atoms with Gasteiger partial charge in [-0.3, -0.25) is 9.69 Å². The van der Waals surface area contributed by atoms with Gasteiger partial charge in [0.05, 0.1) is 5.56 Å². The maximum Gasteiger partial charge on any atom is 0.257 e. The normalized spacial score (nSPS) is 18.8. The number of para-hydroxylation sites is 2. The summed E-state index contributed by atoms with van der Waals surface area (Å²) < 4.78 is 5.97. The van der Waals surface area contributed by atoms with Crippen LogP contribution in [-0.2, 0) is 0 Å². The van der Waals surface area contributed by atoms with E-state index in [4.69, 9.17) is 4.74 Å². The zero-order valence-electron chi connectivity index (χ0n) is 15.1. The predicted octanol–water partition coefficient (Wildman–Crippen LogP) is 4.18. The van der Waals surface area contributed by atoms with E-state index in [0.717, 1.165) is 38.0 Å². The first-order valence-corrected chi connectivity index (χ1v) is 9.66. The zero-order valence-corrected chi connectivity index (χ0v) is 15.1. The number of carbonyl (C=O) groups is 1. The number of ether oxygens (including phenoxy) is 1. The Morgan fingerprint density at radius 3 is 2.23 bits per heavy atom. The summed E-state index contributed by atoms with van der Waals surface area (Å²) in [6, 6.07) is 17.9. The third-order valence-corrected chi connectivity index (χ3v) is 5.53. The van der Waals surface area contributed by atoms with E-state index in [2.05, 4.69) is 4.90 Å². The van der Waals surface area contributed by atoms with Crippen molar-refractivity contribution in [2.75, 3.05) is 26.2 Å². The van der Waals surface area contributed by atoms with Crippen molar-refractivity contribution in [3.05, 3.63) is 60.2 Å². The lowest BCUT2D eigenvalue weighted by molar-refractivity contribution is 0.0571. The van der Waals surface area contributed by atoms with Crippen LogP contribution in [0.5, 0.6) is 11.5 Å². The molecule has 1 aliphatic heterocycles. The van der Waals surface area contributed by atoms with E-state index in [1.807, 2.05) is 59.5 Å². The van der Waals surface area contributed by atoms with Gasteiger partial charge in [0.25, 0.3) is 5.91 Å². The molecule has 0 bridgehead atoms. The van der Waals surface area contributed by atoms with Crippen molar-refractivity contribution in [2.45, 2.75) is 31.7 Å². The third kappa shape index (κ3) is 3.75. The van der Waals surface area contributed by atoms with Crippen LogP contribution >= 0.6 is 0 Å². The van der Waals surface area contributed by atoms with Crippen molar-refractivity contribution in [2.24, 2.45) is 0 Å². The number of benzene rings is 2. The second-order valence-corrected chi connectivity index (χ2v) is 7.18. The summed E-state index contributed by atoms with van der Waals surface area (Å²) in [5.41, 5.74) is 0.644. The highest BCUT2D eigenvalue weighted by Crippen LogP contribution is 2.28. The summed E-state index contributed by atoms with van der Waals surface area (Å²) in [7, 11) is 0. The molecule has 0 aromatic heterocycles. The number of carbonyl (C=O) groups excluding carboxylic acids is 1. The minimum atomic E-state index is 0.0719. The molecule has 26 heavy (non-hydrogen) atoms. The molecule has 4 heteroatoms. The molecule has 0 N–H and O–H groups in total. The molecular formula is C22H26N2O2. The van der Waals surface area contributed by atoms with E-state index in [-0.39, 0.29) is 5.91 Å². The lowest BCUT2D eigenvalue weighted by Crippen LogP contribution is -2.51. The van der Waals surface area contributed by atoms with Crippen LogP contribution in [-0.4, -0.2) is 47.9 Å². The van der Waals surface area contributed by atoms with Gasteiger partial charge in [-0.15, -0.1) is 0 Å². The van der Waals surface area contributed by atoms with Crippen molar-refractivity contribution in [3.8, 4) is 11.5 Å². The quantitative estimate of drug-likeness (QED) is 0.829. The van der Waals surface area contributed by atoms with E-state index in [9.17, 15) is 4.79 Å². The van der Waals surface area contributed by atoms with Crippen molar-refractivity contribution in [1.82, 2.24) is 9.80 Å². The molecule has 0 unspecified atom stereocenters. The first-order chi connectivity index (χ1) is 12.8. The number of hydrogen-bond donors (Lipinski definition) is 0. The summed E-state index contributed by atoms with van der Waals surface area (Å²) in [5.74, 6) is 1.45. The summed E-state index contributed by atoms with van der Waals surface area (Å²) in [6.07, 6.45) is 5.35. The molecule has 4 nitrogen and oxygen atoms in total. The molecule has 2 fully saturated rings. The van der Waals surface area contributed by atoms with Crippen LogP contribution in [0.15, 0.2) is 54.6 Å². The molecule has 2 aromatic carbocycles. The Kier molecular flexibility index (Phi) is 5.21. The van der Waals surface area contributed by atoms with Crippen LogP contribution in [0.4, 0.5) is 0 Å². The lowest BCUT2D eigenvalue weighted by Gasteiger charge is -2.38. The Bertz CT molecular complexity index is 733. The van der Waals surface area contributed by atoms with Crippen molar-refractivity contribution in [3.63, 3.8) is 0 Å². The van der Waals surface area contributed by atoms with Gasteiger partial charge in [-0.2, -0.15) is 0 Å². The molecule has 1 heterocycles. The minimum absolute atomic E-state index is 0.0719. The smallest absolute Gasteiger partial charge is 0.257 e. The predicted molar refractivity (Wildman–Crippen MR) is 103 cm³/mol. The largest absolute Gasteiger partial charge is 0.457 e. The van der Waals surface area contributed by atoms with Crippen LogP contribution in [0.25, 0.3) is 0 Å². The van der Waals surface area contributed by atoms with Gasteiger partial charge in [-0.25, -0.2) is 0 Å². The summed E-state index contributed by atoms with van der Waals surface area (Å²) in [6.45, 7) is 3.57. The highest BCUT2D eigenvalue weighted by atomic mass is 16.5. The van der Waals surface area contributed by atoms with Gasteiger partial charge in [0.15, 0.2) is 0 Å². The Hall–Kier alpha value is -2.33. The van der Waals surface area contributed by atoms with Crippen LogP contribution in [0, 0.1) is 0 Å². The molecule has 0 atom stereocenters. The van der Waals surface area contributed by atoms with E-state index >= 15 is 0 Å². The Morgan fingerprint density at radius 2 is 1.50 bits per heavy atom. The lowest BCUT2D eigenvalue weighted by atomic mass is 10.1. The van der Waals surface area contributed by atoms with Crippen molar-refractivity contribution < 1.29 is 9.53 Å². The number of hydrogen-bond acceptors (Lipinski definition) is 3.